The van der Waals surface area contributed by atoms with Crippen LogP contribution in [0.5, 0.6) is 0 Å². The molecule has 1 fully saturated rings. The first-order valence-corrected chi connectivity index (χ1v) is 15.3. The number of nitrogens with one attached hydrogen (secondary N) is 4. The van der Waals surface area contributed by atoms with Crippen LogP contribution in [0.25, 0.3) is 0 Å². The number of urea groups is 1. The first kappa shape index (κ1) is 29.3. The van der Waals surface area contributed by atoms with Gasteiger partial charge in [-0.3, -0.25) is 9.52 Å². The number of carbonyl (C=O) groups excluding carboxylic acids is 2. The van der Waals surface area contributed by atoms with Crippen molar-refractivity contribution in [3.8, 4) is 0 Å². The maximum Gasteiger partial charge on any atom is 0.323 e. The van der Waals surface area contributed by atoms with Crippen LogP contribution in [0.1, 0.15) is 68.3 Å². The van der Waals surface area contributed by atoms with Gasteiger partial charge in [-0.2, -0.15) is 0 Å². The monoisotopic (exact) mass is 562 g/mol. The van der Waals surface area contributed by atoms with Crippen LogP contribution < -0.4 is 20.7 Å². The topological polar surface area (TPSA) is 116 Å². The number of ketones is 1. The van der Waals surface area contributed by atoms with Gasteiger partial charge in [-0.15, -0.1) is 0 Å². The second-order valence-electron chi connectivity index (χ2n) is 10.5. The maximum atomic E-state index is 13.1. The Hall–Kier alpha value is -3.69. The Bertz CT molecular complexity index is 1400. The number of sulfonamides is 1. The second-order valence-corrected chi connectivity index (χ2v) is 12.2. The molecule has 0 radical (unpaired) electrons. The molecule has 0 saturated heterocycles. The zero-order chi connectivity index (χ0) is 28.5. The van der Waals surface area contributed by atoms with E-state index in [-0.39, 0.29) is 10.7 Å². The van der Waals surface area contributed by atoms with Gasteiger partial charge in [0.25, 0.3) is 10.0 Å². The van der Waals surface area contributed by atoms with Crippen LogP contribution in [0, 0.1) is 5.92 Å². The molecule has 2 amide bonds. The standard InChI is InChI=1S/C31H38N4O4S/c1-22(20-24-8-4-3-5-9-24)32-21-26-10-6-7-11-30(26)35-40(38,39)29-18-16-28(17-19-29)34-31(37)33-27-14-12-25(13-15-27)23(2)36/h6-7,10-19,22,24,32,35H,3-5,8-9,20-21H2,1-2H3,(H2,33,34,37)/t22-/m0/s1. The Morgan fingerprint density at radius 2 is 1.45 bits per heavy atom. The Balaban J connectivity index is 1.33. The zero-order valence-electron chi connectivity index (χ0n) is 23.1. The van der Waals surface area contributed by atoms with Gasteiger partial charge in [-0.05, 0) is 86.3 Å². The molecule has 1 atom stereocenters. The van der Waals surface area contributed by atoms with Gasteiger partial charge in [0.1, 0.15) is 0 Å². The molecule has 0 bridgehead atoms. The average molecular weight is 563 g/mol. The average Bonchev–Trinajstić information content (AvgIpc) is 2.93. The van der Waals surface area contributed by atoms with Gasteiger partial charge >= 0.3 is 6.03 Å². The molecule has 1 saturated carbocycles. The summed E-state index contributed by atoms with van der Waals surface area (Å²) in [6.45, 7) is 4.24. The van der Waals surface area contributed by atoms with Crippen molar-refractivity contribution in [1.29, 1.82) is 0 Å². The molecule has 0 unspecified atom stereocenters. The predicted octanol–water partition coefficient (Wildman–Crippen LogP) is 6.78. The SMILES string of the molecule is CC(=O)c1ccc(NC(=O)Nc2ccc(S(=O)(=O)Nc3ccccc3CN[C@@H](C)CC3CCCCC3)cc2)cc1. The van der Waals surface area contributed by atoms with Gasteiger partial charge in [0.05, 0.1) is 10.6 Å². The first-order valence-electron chi connectivity index (χ1n) is 13.8. The lowest BCUT2D eigenvalue weighted by Crippen LogP contribution is -2.29. The highest BCUT2D eigenvalue weighted by atomic mass is 32.2. The lowest BCUT2D eigenvalue weighted by molar-refractivity contribution is 0.101. The minimum Gasteiger partial charge on any atom is -0.310 e. The molecule has 3 aromatic rings. The molecule has 1 aliphatic carbocycles. The third-order valence-corrected chi connectivity index (χ3v) is 8.67. The molecule has 40 heavy (non-hydrogen) atoms. The van der Waals surface area contributed by atoms with Gasteiger partial charge in [0, 0.05) is 29.5 Å². The van der Waals surface area contributed by atoms with Gasteiger partial charge in [0.15, 0.2) is 5.78 Å². The summed E-state index contributed by atoms with van der Waals surface area (Å²) in [4.78, 5) is 23.8. The van der Waals surface area contributed by atoms with Crippen molar-refractivity contribution < 1.29 is 18.0 Å². The van der Waals surface area contributed by atoms with E-state index in [1.807, 2.05) is 18.2 Å². The molecule has 212 valence electrons. The summed E-state index contributed by atoms with van der Waals surface area (Å²) in [6.07, 6.45) is 7.74. The number of Topliss-reactive ketones (excluding diaryl/α,β-unsaturated/α-hetero) is 1. The zero-order valence-corrected chi connectivity index (χ0v) is 23.9. The van der Waals surface area contributed by atoms with Crippen LogP contribution >= 0.6 is 0 Å². The van der Waals surface area contributed by atoms with Gasteiger partial charge in [-0.1, -0.05) is 50.3 Å². The van der Waals surface area contributed by atoms with Crippen LogP contribution in [-0.2, 0) is 16.6 Å². The molecule has 3 aromatic carbocycles. The number of hydrogen-bond donors (Lipinski definition) is 4. The van der Waals surface area contributed by atoms with E-state index in [0.717, 1.165) is 17.9 Å². The third-order valence-electron chi connectivity index (χ3n) is 7.29. The van der Waals surface area contributed by atoms with Crippen molar-refractivity contribution in [3.63, 3.8) is 0 Å². The number of benzene rings is 3. The summed E-state index contributed by atoms with van der Waals surface area (Å²) in [6, 6.07) is 19.8. The van der Waals surface area contributed by atoms with E-state index in [1.165, 1.54) is 63.3 Å². The molecule has 8 nitrogen and oxygen atoms in total. The van der Waals surface area contributed by atoms with Crippen molar-refractivity contribution >= 4 is 38.9 Å². The third kappa shape index (κ3) is 8.40. The molecule has 4 rings (SSSR count). The fourth-order valence-electron chi connectivity index (χ4n) is 5.07. The molecule has 9 heteroatoms. The van der Waals surface area contributed by atoms with Crippen molar-refractivity contribution in [2.75, 3.05) is 15.4 Å². The number of para-hydroxylation sites is 1. The highest BCUT2D eigenvalue weighted by Crippen LogP contribution is 2.28. The predicted molar refractivity (Wildman–Crippen MR) is 160 cm³/mol. The smallest absolute Gasteiger partial charge is 0.310 e. The summed E-state index contributed by atoms with van der Waals surface area (Å²) in [5, 5.41) is 8.93. The van der Waals surface area contributed by atoms with Gasteiger partial charge in [-0.25, -0.2) is 13.2 Å². The second kappa shape index (κ2) is 13.6. The Morgan fingerprint density at radius 3 is 2.08 bits per heavy atom. The minimum absolute atomic E-state index is 0.0554. The molecule has 4 N–H and O–H groups in total. The lowest BCUT2D eigenvalue weighted by Gasteiger charge is -2.25. The van der Waals surface area contributed by atoms with Crippen LogP contribution in [0.15, 0.2) is 77.7 Å². The van der Waals surface area contributed by atoms with E-state index >= 15 is 0 Å². The maximum absolute atomic E-state index is 13.1. The number of amides is 2. The highest BCUT2D eigenvalue weighted by Gasteiger charge is 2.18. The highest BCUT2D eigenvalue weighted by molar-refractivity contribution is 7.92. The Labute approximate surface area is 237 Å². The van der Waals surface area contributed by atoms with E-state index in [4.69, 9.17) is 0 Å². The largest absolute Gasteiger partial charge is 0.323 e. The molecule has 0 aliphatic heterocycles. The van der Waals surface area contributed by atoms with Crippen molar-refractivity contribution in [1.82, 2.24) is 5.32 Å². The first-order chi connectivity index (χ1) is 19.2. The quantitative estimate of drug-likeness (QED) is 0.192. The lowest BCUT2D eigenvalue weighted by atomic mass is 9.85. The van der Waals surface area contributed by atoms with Crippen LogP contribution in [0.4, 0.5) is 21.9 Å². The van der Waals surface area contributed by atoms with Gasteiger partial charge < -0.3 is 16.0 Å². The molecule has 1 aliphatic rings. The van der Waals surface area contributed by atoms with E-state index in [1.54, 1.807) is 30.3 Å². The van der Waals surface area contributed by atoms with E-state index < -0.39 is 16.1 Å². The van der Waals surface area contributed by atoms with Gasteiger partial charge in [0.2, 0.25) is 0 Å². The van der Waals surface area contributed by atoms with Crippen molar-refractivity contribution in [2.45, 2.75) is 69.9 Å². The van der Waals surface area contributed by atoms with E-state index in [9.17, 15) is 18.0 Å². The summed E-state index contributed by atoms with van der Waals surface area (Å²) in [7, 11) is -3.84. The fourth-order valence-corrected chi connectivity index (χ4v) is 6.17. The summed E-state index contributed by atoms with van der Waals surface area (Å²) < 4.78 is 29.0. The number of hydrogen-bond acceptors (Lipinski definition) is 5. The molecular weight excluding hydrogens is 524 g/mol. The molecule has 0 heterocycles. The Kier molecular flexibility index (Phi) is 9.95. The summed E-state index contributed by atoms with van der Waals surface area (Å²) >= 11 is 0. The van der Waals surface area contributed by atoms with Crippen LogP contribution in [0.2, 0.25) is 0 Å². The molecular formula is C31H38N4O4S. The number of anilines is 3. The Morgan fingerprint density at radius 1 is 0.850 bits per heavy atom. The van der Waals surface area contributed by atoms with Crippen LogP contribution in [-0.4, -0.2) is 26.3 Å². The van der Waals surface area contributed by atoms with Crippen molar-refractivity contribution in [3.05, 3.63) is 83.9 Å². The molecule has 0 spiro atoms. The van der Waals surface area contributed by atoms with Crippen molar-refractivity contribution in [2.24, 2.45) is 5.92 Å². The molecule has 0 aromatic heterocycles. The minimum atomic E-state index is -3.84. The fraction of sp³-hybridized carbons (Fsp3) is 0.355. The van der Waals surface area contributed by atoms with E-state index in [2.05, 4.69) is 27.6 Å². The number of carbonyl (C=O) groups is 2. The van der Waals surface area contributed by atoms with Crippen LogP contribution in [0.3, 0.4) is 0 Å². The number of rotatable bonds is 11. The van der Waals surface area contributed by atoms with E-state index in [0.29, 0.717) is 35.2 Å². The summed E-state index contributed by atoms with van der Waals surface area (Å²) in [5.41, 5.74) is 2.94. The summed E-state index contributed by atoms with van der Waals surface area (Å²) in [5.74, 6) is 0.716. The normalized spacial score (nSPS) is 14.8.